The highest BCUT2D eigenvalue weighted by Crippen LogP contribution is 2.15. The number of halogens is 1. The number of hydrogen-bond acceptors (Lipinski definition) is 3. The molecule has 1 rings (SSSR count). The molecule has 1 heterocycles. The van der Waals surface area contributed by atoms with Gasteiger partial charge in [-0.1, -0.05) is 11.6 Å². The summed E-state index contributed by atoms with van der Waals surface area (Å²) in [7, 11) is 0. The highest BCUT2D eigenvalue weighted by Gasteiger charge is 2.22. The maximum atomic E-state index is 11.4. The van der Waals surface area contributed by atoms with E-state index in [2.05, 4.69) is 0 Å². The van der Waals surface area contributed by atoms with Crippen LogP contribution < -0.4 is 11.2 Å². The second-order valence-corrected chi connectivity index (χ2v) is 3.92. The van der Waals surface area contributed by atoms with Gasteiger partial charge in [0.2, 0.25) is 0 Å². The second kappa shape index (κ2) is 4.52. The van der Waals surface area contributed by atoms with Crippen molar-refractivity contribution in [1.82, 2.24) is 9.55 Å². The zero-order valence-electron chi connectivity index (χ0n) is 8.73. The number of carboxylic acids is 1. The summed E-state index contributed by atoms with van der Waals surface area (Å²) in [5, 5.41) is 8.66. The van der Waals surface area contributed by atoms with E-state index in [1.165, 1.54) is 6.92 Å². The van der Waals surface area contributed by atoms with Gasteiger partial charge in [0.25, 0.3) is 5.56 Å². The predicted molar refractivity (Wildman–Crippen MR) is 57.8 cm³/mol. The fourth-order valence-electron chi connectivity index (χ4n) is 1.21. The molecule has 0 fully saturated rings. The van der Waals surface area contributed by atoms with Gasteiger partial charge in [-0.15, -0.1) is 0 Å². The Morgan fingerprint density at radius 3 is 2.56 bits per heavy atom. The van der Waals surface area contributed by atoms with E-state index < -0.39 is 29.2 Å². The Bertz CT molecular complexity index is 519. The number of aliphatic carboxylic acids is 1. The third kappa shape index (κ3) is 2.33. The predicted octanol–water partition coefficient (Wildman–Crippen LogP) is 0.472. The summed E-state index contributed by atoms with van der Waals surface area (Å²) in [6.45, 7) is 3.04. The average molecular weight is 247 g/mol. The molecule has 88 valence electrons. The minimum Gasteiger partial charge on any atom is -0.481 e. The SMILES string of the molecule is CC(C(=O)O)C(C)n1cc(Cl)c(=O)[nH]c1=O. The van der Waals surface area contributed by atoms with E-state index in [4.69, 9.17) is 16.7 Å². The molecule has 1 aromatic heterocycles. The Morgan fingerprint density at radius 1 is 1.50 bits per heavy atom. The highest BCUT2D eigenvalue weighted by molar-refractivity contribution is 6.30. The number of carbonyl (C=O) groups is 1. The largest absolute Gasteiger partial charge is 0.481 e. The van der Waals surface area contributed by atoms with Gasteiger partial charge < -0.3 is 5.11 Å². The van der Waals surface area contributed by atoms with Gasteiger partial charge in [0.15, 0.2) is 0 Å². The lowest BCUT2D eigenvalue weighted by molar-refractivity contribution is -0.142. The number of rotatable bonds is 3. The smallest absolute Gasteiger partial charge is 0.328 e. The fourth-order valence-corrected chi connectivity index (χ4v) is 1.36. The van der Waals surface area contributed by atoms with E-state index in [0.29, 0.717) is 0 Å². The molecule has 0 amide bonds. The van der Waals surface area contributed by atoms with E-state index in [9.17, 15) is 14.4 Å². The van der Waals surface area contributed by atoms with Crippen molar-refractivity contribution in [2.24, 2.45) is 5.92 Å². The summed E-state index contributed by atoms with van der Waals surface area (Å²) in [6.07, 6.45) is 1.15. The molecule has 0 aromatic carbocycles. The van der Waals surface area contributed by atoms with Gasteiger partial charge in [-0.3, -0.25) is 19.1 Å². The Balaban J connectivity index is 3.24. The lowest BCUT2D eigenvalue weighted by atomic mass is 10.0. The van der Waals surface area contributed by atoms with Gasteiger partial charge >= 0.3 is 11.7 Å². The molecule has 0 saturated heterocycles. The van der Waals surface area contributed by atoms with E-state index in [1.807, 2.05) is 4.98 Å². The Hall–Kier alpha value is -1.56. The molecule has 0 saturated carbocycles. The number of nitrogens with zero attached hydrogens (tertiary/aromatic N) is 1. The van der Waals surface area contributed by atoms with Crippen LogP contribution in [-0.4, -0.2) is 20.6 Å². The first-order valence-corrected chi connectivity index (χ1v) is 4.96. The molecule has 0 aliphatic rings. The molecule has 2 N–H and O–H groups in total. The second-order valence-electron chi connectivity index (χ2n) is 3.51. The van der Waals surface area contributed by atoms with Crippen LogP contribution in [0.1, 0.15) is 19.9 Å². The molecule has 0 spiro atoms. The Morgan fingerprint density at radius 2 is 2.06 bits per heavy atom. The van der Waals surface area contributed by atoms with Crippen LogP contribution >= 0.6 is 11.6 Å². The molecule has 0 aliphatic heterocycles. The average Bonchev–Trinajstić information content (AvgIpc) is 2.21. The Labute approximate surface area is 95.5 Å². The monoisotopic (exact) mass is 246 g/mol. The van der Waals surface area contributed by atoms with Crippen LogP contribution in [0.15, 0.2) is 15.8 Å². The minimum atomic E-state index is -1.03. The fraction of sp³-hybridized carbons (Fsp3) is 0.444. The van der Waals surface area contributed by atoms with Gasteiger partial charge in [0, 0.05) is 12.2 Å². The molecule has 6 nitrogen and oxygen atoms in total. The standard InChI is InChI=1S/C9H11ClN2O4/c1-4(8(14)15)5(2)12-3-6(10)7(13)11-9(12)16/h3-5H,1-2H3,(H,14,15)(H,11,13,16). The normalized spacial score (nSPS) is 14.4. The molecule has 2 atom stereocenters. The van der Waals surface area contributed by atoms with Gasteiger partial charge in [-0.05, 0) is 13.8 Å². The summed E-state index contributed by atoms with van der Waals surface area (Å²) in [6, 6.07) is -0.598. The maximum Gasteiger partial charge on any atom is 0.328 e. The maximum absolute atomic E-state index is 11.4. The van der Waals surface area contributed by atoms with Gasteiger partial charge in [0.05, 0.1) is 5.92 Å². The van der Waals surface area contributed by atoms with Crippen LogP contribution in [0, 0.1) is 5.92 Å². The third-order valence-electron chi connectivity index (χ3n) is 2.48. The summed E-state index contributed by atoms with van der Waals surface area (Å²) in [5.41, 5.74) is -1.35. The Kier molecular flexibility index (Phi) is 3.54. The summed E-state index contributed by atoms with van der Waals surface area (Å²) >= 11 is 5.56. The van der Waals surface area contributed by atoms with Crippen molar-refractivity contribution in [3.05, 3.63) is 32.1 Å². The van der Waals surface area contributed by atoms with Crippen molar-refractivity contribution in [2.75, 3.05) is 0 Å². The molecule has 2 unspecified atom stereocenters. The van der Waals surface area contributed by atoms with Crippen molar-refractivity contribution in [3.63, 3.8) is 0 Å². The van der Waals surface area contributed by atoms with Crippen LogP contribution in [0.4, 0.5) is 0 Å². The number of H-pyrrole nitrogens is 1. The first-order chi connectivity index (χ1) is 7.34. The highest BCUT2D eigenvalue weighted by atomic mass is 35.5. The quantitative estimate of drug-likeness (QED) is 0.811. The van der Waals surface area contributed by atoms with Crippen LogP contribution in [0.25, 0.3) is 0 Å². The van der Waals surface area contributed by atoms with Crippen molar-refractivity contribution in [2.45, 2.75) is 19.9 Å². The van der Waals surface area contributed by atoms with Crippen molar-refractivity contribution < 1.29 is 9.90 Å². The van der Waals surface area contributed by atoms with E-state index >= 15 is 0 Å². The van der Waals surface area contributed by atoms with Gasteiger partial charge in [-0.25, -0.2) is 4.79 Å². The zero-order chi connectivity index (χ0) is 12.5. The minimum absolute atomic E-state index is 0.149. The molecule has 0 bridgehead atoms. The first-order valence-electron chi connectivity index (χ1n) is 4.58. The molecule has 1 aromatic rings. The van der Waals surface area contributed by atoms with Crippen LogP contribution in [0.5, 0.6) is 0 Å². The van der Waals surface area contributed by atoms with E-state index in [1.54, 1.807) is 6.92 Å². The molecule has 0 radical (unpaired) electrons. The molecule has 0 aliphatic carbocycles. The number of hydrogen-bond donors (Lipinski definition) is 2. The number of aromatic nitrogens is 2. The lowest BCUT2D eigenvalue weighted by Gasteiger charge is -2.18. The topological polar surface area (TPSA) is 92.2 Å². The number of nitrogens with one attached hydrogen (secondary N) is 1. The molecular formula is C9H11ClN2O4. The van der Waals surface area contributed by atoms with Crippen molar-refractivity contribution in [3.8, 4) is 0 Å². The van der Waals surface area contributed by atoms with Crippen LogP contribution in [0.3, 0.4) is 0 Å². The summed E-state index contributed by atoms with van der Waals surface area (Å²) in [4.78, 5) is 35.2. The first kappa shape index (κ1) is 12.5. The molecular weight excluding hydrogens is 236 g/mol. The molecule has 7 heteroatoms. The van der Waals surface area contributed by atoms with Gasteiger partial charge in [0.1, 0.15) is 5.02 Å². The molecule has 16 heavy (non-hydrogen) atoms. The van der Waals surface area contributed by atoms with E-state index in [-0.39, 0.29) is 5.02 Å². The summed E-state index contributed by atoms with van der Waals surface area (Å²) < 4.78 is 1.10. The third-order valence-corrected chi connectivity index (χ3v) is 2.75. The van der Waals surface area contributed by atoms with E-state index in [0.717, 1.165) is 10.8 Å². The van der Waals surface area contributed by atoms with Crippen LogP contribution in [0.2, 0.25) is 5.02 Å². The number of aromatic amines is 1. The van der Waals surface area contributed by atoms with Crippen molar-refractivity contribution in [1.29, 1.82) is 0 Å². The summed E-state index contributed by atoms with van der Waals surface area (Å²) in [5.74, 6) is -1.79. The lowest BCUT2D eigenvalue weighted by Crippen LogP contribution is -2.35. The van der Waals surface area contributed by atoms with Crippen LogP contribution in [-0.2, 0) is 4.79 Å². The van der Waals surface area contributed by atoms with Crippen molar-refractivity contribution >= 4 is 17.6 Å². The zero-order valence-corrected chi connectivity index (χ0v) is 9.49. The van der Waals surface area contributed by atoms with Gasteiger partial charge in [-0.2, -0.15) is 0 Å². The number of carboxylic acid groups (broad SMARTS) is 1.